The molecule has 0 aromatic heterocycles. The van der Waals surface area contributed by atoms with E-state index in [2.05, 4.69) is 55.0 Å². The fourth-order valence-electron chi connectivity index (χ4n) is 7.22. The SMILES string of the molecule is C=CC([CH2+])(C)CCC(c1ccc(C(=O)NCC2=NN=N2)cc1)N1C(=O)C(C2=CC(F)CC=C2)=NC12CCC(C([CH2+])(CC)CC)CC2. The van der Waals surface area contributed by atoms with Crippen molar-refractivity contribution in [3.8, 4) is 0 Å². The second kappa shape index (κ2) is 13.4. The molecule has 1 fully saturated rings. The smallest absolute Gasteiger partial charge is 0.275 e. The molecule has 9 heteroatoms. The van der Waals surface area contributed by atoms with E-state index in [9.17, 15) is 14.0 Å². The minimum Gasteiger partial charge on any atom is -0.345 e. The summed E-state index contributed by atoms with van der Waals surface area (Å²) in [4.78, 5) is 34.6. The highest BCUT2D eigenvalue weighted by Gasteiger charge is 2.54. The Hall–Kier alpha value is -4.01. The maximum absolute atomic E-state index is 14.6. The quantitative estimate of drug-likeness (QED) is 0.177. The second-order valence-electron chi connectivity index (χ2n) is 13.7. The third-order valence-electron chi connectivity index (χ3n) is 10.6. The molecule has 0 bridgehead atoms. The Balaban J connectivity index is 1.50. The van der Waals surface area contributed by atoms with Crippen LogP contribution >= 0.6 is 0 Å². The lowest BCUT2D eigenvalue weighted by Gasteiger charge is -2.47. The molecule has 8 nitrogen and oxygen atoms in total. The van der Waals surface area contributed by atoms with Crippen molar-refractivity contribution in [3.05, 3.63) is 85.7 Å². The van der Waals surface area contributed by atoms with Gasteiger partial charge in [-0.05, 0) is 93.4 Å². The van der Waals surface area contributed by atoms with Crippen LogP contribution in [0.3, 0.4) is 0 Å². The van der Waals surface area contributed by atoms with Gasteiger partial charge in [0.1, 0.15) is 28.4 Å². The minimum absolute atomic E-state index is 0.0127. The number of hydrogen-bond donors (Lipinski definition) is 1. The van der Waals surface area contributed by atoms with Crippen molar-refractivity contribution < 1.29 is 14.0 Å². The molecule has 3 unspecified atom stereocenters. The molecule has 1 aromatic carbocycles. The van der Waals surface area contributed by atoms with Crippen molar-refractivity contribution in [2.75, 3.05) is 6.54 Å². The Bertz CT molecular complexity index is 1480. The molecule has 0 saturated heterocycles. The van der Waals surface area contributed by atoms with E-state index in [1.807, 2.05) is 36.1 Å². The number of halogens is 1. The fourth-order valence-corrected chi connectivity index (χ4v) is 7.22. The number of aliphatic imine (C=N–C) groups is 1. The molecule has 2 amide bonds. The highest BCUT2D eigenvalue weighted by Crippen LogP contribution is 2.52. The summed E-state index contributed by atoms with van der Waals surface area (Å²) in [6.45, 7) is 19.6. The first-order chi connectivity index (χ1) is 21.9. The lowest BCUT2D eigenvalue weighted by atomic mass is 9.65. The highest BCUT2D eigenvalue weighted by molar-refractivity contribution is 6.47. The number of rotatable bonds is 13. The number of nitrogens with one attached hydrogen (secondary N) is 1. The third-order valence-corrected chi connectivity index (χ3v) is 10.6. The number of carbonyl (C=O) groups is 2. The molecular weight excluding hydrogens is 579 g/mol. The van der Waals surface area contributed by atoms with Gasteiger partial charge >= 0.3 is 0 Å². The van der Waals surface area contributed by atoms with Gasteiger partial charge in [-0.3, -0.25) is 14.6 Å². The molecule has 3 atom stereocenters. The molecule has 2 aliphatic carbocycles. The predicted molar refractivity (Wildman–Crippen MR) is 181 cm³/mol. The molecule has 2 aliphatic heterocycles. The lowest BCUT2D eigenvalue weighted by Crippen LogP contribution is -2.52. The number of benzene rings is 1. The predicted octanol–water partition coefficient (Wildman–Crippen LogP) is 8.08. The van der Waals surface area contributed by atoms with E-state index in [0.717, 1.165) is 31.2 Å². The van der Waals surface area contributed by atoms with Gasteiger partial charge in [0, 0.05) is 23.5 Å². The second-order valence-corrected chi connectivity index (χ2v) is 13.7. The molecule has 0 radical (unpaired) electrons. The van der Waals surface area contributed by atoms with Crippen molar-refractivity contribution in [1.29, 1.82) is 0 Å². The molecule has 5 rings (SSSR count). The Morgan fingerprint density at radius 2 is 1.89 bits per heavy atom. The van der Waals surface area contributed by atoms with E-state index in [4.69, 9.17) is 4.99 Å². The third kappa shape index (κ3) is 6.74. The summed E-state index contributed by atoms with van der Waals surface area (Å²) in [5.41, 5.74) is 1.12. The van der Waals surface area contributed by atoms with Crippen LogP contribution in [0, 0.1) is 30.6 Å². The van der Waals surface area contributed by atoms with Crippen LogP contribution in [0.2, 0.25) is 0 Å². The summed E-state index contributed by atoms with van der Waals surface area (Å²) in [7, 11) is 0. The Kier molecular flexibility index (Phi) is 9.70. The number of carbonyl (C=O) groups excluding carboxylic acids is 2. The van der Waals surface area contributed by atoms with Gasteiger partial charge in [0.05, 0.1) is 26.4 Å². The standard InChI is InChI=1S/C37H46FN6O2/c1-7-35(4,5)20-19-30(25-13-15-26(16-14-25)33(45)39-24-31-41-43-42-31)44-34(46)32(27-11-10-12-29(38)23-27)40-37(44)21-17-28(18-22-37)36(6,8-2)9-3/h7,10-11,13-16,23,28-30H,1,4,6,8-9,12,17-22,24H2,2-3,5H3/q+1/p+1. The average molecular weight is 627 g/mol. The van der Waals surface area contributed by atoms with Crippen molar-refractivity contribution in [2.24, 2.45) is 37.2 Å². The van der Waals surface area contributed by atoms with Crippen LogP contribution < -0.4 is 5.32 Å². The van der Waals surface area contributed by atoms with Gasteiger partial charge in [0.2, 0.25) is 0 Å². The first-order valence-electron chi connectivity index (χ1n) is 16.6. The van der Waals surface area contributed by atoms with E-state index in [1.54, 1.807) is 18.2 Å². The van der Waals surface area contributed by atoms with E-state index in [0.29, 0.717) is 60.7 Å². The number of alkyl halides is 1. The van der Waals surface area contributed by atoms with Crippen molar-refractivity contribution in [1.82, 2.24) is 10.2 Å². The van der Waals surface area contributed by atoms with E-state index in [1.165, 1.54) is 6.08 Å². The Morgan fingerprint density at radius 3 is 2.46 bits per heavy atom. The zero-order valence-corrected chi connectivity index (χ0v) is 27.5. The van der Waals surface area contributed by atoms with Crippen molar-refractivity contribution in [2.45, 2.75) is 96.4 Å². The van der Waals surface area contributed by atoms with Gasteiger partial charge in [-0.25, -0.2) is 4.39 Å². The number of amides is 2. The summed E-state index contributed by atoms with van der Waals surface area (Å²) in [5, 5.41) is 13.8. The van der Waals surface area contributed by atoms with Crippen LogP contribution in [0.4, 0.5) is 4.39 Å². The molecule has 2 heterocycles. The van der Waals surface area contributed by atoms with Gasteiger partial charge in [0.25, 0.3) is 11.8 Å². The summed E-state index contributed by atoms with van der Waals surface area (Å²) in [5.74, 6) is 0.480. The van der Waals surface area contributed by atoms with E-state index < -0.39 is 17.2 Å². The zero-order valence-electron chi connectivity index (χ0n) is 27.5. The molecule has 1 spiro atoms. The van der Waals surface area contributed by atoms with E-state index >= 15 is 0 Å². The zero-order chi connectivity index (χ0) is 33.1. The number of hydrogen-bond acceptors (Lipinski definition) is 6. The van der Waals surface area contributed by atoms with Gasteiger partial charge in [0.15, 0.2) is 5.84 Å². The molecule has 1 aromatic rings. The molecule has 46 heavy (non-hydrogen) atoms. The average Bonchev–Trinajstić information content (AvgIpc) is 3.31. The van der Waals surface area contributed by atoms with Gasteiger partial charge in [-0.1, -0.05) is 44.7 Å². The summed E-state index contributed by atoms with van der Waals surface area (Å²) in [6.07, 6.45) is 12.7. The van der Waals surface area contributed by atoms with Crippen molar-refractivity contribution in [3.63, 3.8) is 0 Å². The van der Waals surface area contributed by atoms with Crippen LogP contribution in [0.5, 0.6) is 0 Å². The first kappa shape index (κ1) is 33.4. The van der Waals surface area contributed by atoms with Crippen LogP contribution in [-0.2, 0) is 4.79 Å². The summed E-state index contributed by atoms with van der Waals surface area (Å²) in [6, 6.07) is 7.07. The Morgan fingerprint density at radius 1 is 1.22 bits per heavy atom. The maximum atomic E-state index is 14.6. The minimum atomic E-state index is -1.15. The first-order valence-corrected chi connectivity index (χ1v) is 16.6. The largest absolute Gasteiger partial charge is 0.345 e. The van der Waals surface area contributed by atoms with Gasteiger partial charge < -0.3 is 10.2 Å². The highest BCUT2D eigenvalue weighted by atomic mass is 19.1. The van der Waals surface area contributed by atoms with Crippen LogP contribution in [0.25, 0.3) is 0 Å². The maximum Gasteiger partial charge on any atom is 0.275 e. The molecule has 1 saturated carbocycles. The lowest BCUT2D eigenvalue weighted by molar-refractivity contribution is -0.134. The van der Waals surface area contributed by atoms with Gasteiger partial charge in [-0.15, -0.1) is 10.2 Å². The van der Waals surface area contributed by atoms with Gasteiger partial charge in [-0.2, -0.15) is 0 Å². The van der Waals surface area contributed by atoms with E-state index in [-0.39, 0.29) is 29.8 Å². The number of allylic oxidation sites excluding steroid dienone is 4. The van der Waals surface area contributed by atoms with Crippen LogP contribution in [0.1, 0.15) is 101 Å². The van der Waals surface area contributed by atoms with Crippen molar-refractivity contribution >= 4 is 23.4 Å². The topological polar surface area (TPSA) is 98.9 Å². The summed E-state index contributed by atoms with van der Waals surface area (Å²) < 4.78 is 14.6. The molecular formula is C37H47FN6O2+2. The fraction of sp³-hybridized carbons (Fsp3) is 0.514. The Labute approximate surface area is 273 Å². The summed E-state index contributed by atoms with van der Waals surface area (Å²) >= 11 is 0. The monoisotopic (exact) mass is 626 g/mol. The van der Waals surface area contributed by atoms with Crippen LogP contribution in [0.15, 0.2) is 81.2 Å². The number of nitrogens with zero attached hydrogens (tertiary/aromatic N) is 5. The molecule has 4 aliphatic rings. The molecule has 1 N–H and O–H groups in total. The van der Waals surface area contributed by atoms with Crippen LogP contribution in [-0.4, -0.2) is 46.6 Å². The number of amidine groups is 1. The normalized spacial score (nSPS) is 26.1. The molecule has 242 valence electrons.